The fourth-order valence-corrected chi connectivity index (χ4v) is 23.0. The molecule has 3 spiro atoms. The summed E-state index contributed by atoms with van der Waals surface area (Å²) in [5.41, 5.74) is 48.6. The Morgan fingerprint density at radius 2 is 0.235 bits per heavy atom. The Kier molecular flexibility index (Phi) is 18.6. The van der Waals surface area contributed by atoms with E-state index in [-0.39, 0.29) is 10.8 Å². The number of nitrogens with zero attached hydrogens (tertiary/aromatic N) is 3. The predicted octanol–water partition coefficient (Wildman–Crippen LogP) is 33.5. The predicted molar refractivity (Wildman–Crippen MR) is 549 cm³/mol. The van der Waals surface area contributed by atoms with Crippen molar-refractivity contribution in [3.63, 3.8) is 0 Å². The van der Waals surface area contributed by atoms with Crippen molar-refractivity contribution in [2.75, 3.05) is 14.7 Å². The maximum Gasteiger partial charge on any atom is 0.0726 e. The summed E-state index contributed by atoms with van der Waals surface area (Å²) in [4.78, 5) is 7.16. The van der Waals surface area contributed by atoms with Crippen LogP contribution in [0.5, 0.6) is 0 Å². The van der Waals surface area contributed by atoms with Gasteiger partial charge >= 0.3 is 0 Å². The van der Waals surface area contributed by atoms with Crippen LogP contribution in [-0.2, 0) is 16.2 Å². The molecule has 0 aliphatic heterocycles. The lowest BCUT2D eigenvalue weighted by atomic mass is 9.70. The van der Waals surface area contributed by atoms with Gasteiger partial charge in [-0.2, -0.15) is 0 Å². The van der Waals surface area contributed by atoms with Gasteiger partial charge in [0, 0.05) is 51.2 Å². The summed E-state index contributed by atoms with van der Waals surface area (Å²) in [6.45, 7) is 0. The number of para-hydroxylation sites is 3. The third kappa shape index (κ3) is 12.1. The van der Waals surface area contributed by atoms with Gasteiger partial charge in [-0.1, -0.05) is 419 Å². The molecule has 6 aliphatic rings. The SMILES string of the molecule is c1ccc(-c2ccc(N(c3ccc(-c4ccccc4)cc3)c3ccc4c(c3)C3(c5ccccc5-c5ccccc53)c3ccccc3-4)cc2)cc1.c1ccc(-c2ccc(N(c3ccccc3)c3ccc4c(c3)C3(c5ccccc5-c5ccccc53)c3ccccc3-4)cc2)cc1.c1ccc(N(c2ccccc2)c2ccc3c(c2)C2(c4ccccc4-c4ccccc42)c2ccccc2-3)cc1. The minimum absolute atomic E-state index is 0.339. The van der Waals surface area contributed by atoms with E-state index in [0.717, 1.165) is 51.2 Å². The second-order valence-corrected chi connectivity index (χ2v) is 35.1. The molecule has 618 valence electrons. The second-order valence-electron chi connectivity index (χ2n) is 35.1. The van der Waals surface area contributed by atoms with Crippen LogP contribution in [0.1, 0.15) is 66.8 Å². The van der Waals surface area contributed by atoms with Crippen molar-refractivity contribution in [1.82, 2.24) is 0 Å². The maximum atomic E-state index is 2.46. The molecule has 0 aromatic heterocycles. The fourth-order valence-electron chi connectivity index (χ4n) is 23.0. The number of hydrogen-bond donors (Lipinski definition) is 0. The van der Waals surface area contributed by atoms with Crippen molar-refractivity contribution in [3.05, 3.63) is 595 Å². The van der Waals surface area contributed by atoms with Gasteiger partial charge in [-0.3, -0.25) is 0 Å². The number of anilines is 9. The lowest BCUT2D eigenvalue weighted by Crippen LogP contribution is -2.26. The number of fused-ring (bicyclic) bond motifs is 30. The van der Waals surface area contributed by atoms with Gasteiger partial charge in [0.05, 0.1) is 16.2 Å². The van der Waals surface area contributed by atoms with Crippen molar-refractivity contribution >= 4 is 51.2 Å². The molecular weight excluding hydrogens is 1590 g/mol. The molecule has 21 aromatic rings. The van der Waals surface area contributed by atoms with Crippen molar-refractivity contribution in [3.8, 4) is 100 Å². The summed E-state index contributed by atoms with van der Waals surface area (Å²) < 4.78 is 0. The molecule has 0 saturated carbocycles. The number of hydrogen-bond acceptors (Lipinski definition) is 3. The van der Waals surface area contributed by atoms with Gasteiger partial charge < -0.3 is 14.7 Å². The van der Waals surface area contributed by atoms with Gasteiger partial charge in [0.25, 0.3) is 0 Å². The van der Waals surface area contributed by atoms with E-state index in [9.17, 15) is 0 Å². The third-order valence-electron chi connectivity index (χ3n) is 28.5. The van der Waals surface area contributed by atoms with Crippen molar-refractivity contribution in [2.24, 2.45) is 0 Å². The van der Waals surface area contributed by atoms with Gasteiger partial charge in [-0.25, -0.2) is 0 Å². The zero-order valence-corrected chi connectivity index (χ0v) is 72.6. The first-order chi connectivity index (χ1) is 65.5. The lowest BCUT2D eigenvalue weighted by Gasteiger charge is -2.32. The van der Waals surface area contributed by atoms with Crippen LogP contribution < -0.4 is 14.7 Å². The average molecular weight is 1680 g/mol. The summed E-state index contributed by atoms with van der Waals surface area (Å²) in [5, 5.41) is 0. The molecule has 132 heavy (non-hydrogen) atoms. The third-order valence-corrected chi connectivity index (χ3v) is 28.5. The Bertz CT molecular complexity index is 7670. The Labute approximate surface area is 771 Å². The first kappa shape index (κ1) is 77.4. The minimum Gasteiger partial charge on any atom is -0.310 e. The summed E-state index contributed by atoms with van der Waals surface area (Å²) in [7, 11) is 0. The molecule has 0 unspecified atom stereocenters. The molecule has 0 radical (unpaired) electrons. The van der Waals surface area contributed by atoms with E-state index < -0.39 is 5.41 Å². The molecule has 0 fully saturated rings. The van der Waals surface area contributed by atoms with E-state index in [1.807, 2.05) is 0 Å². The zero-order valence-electron chi connectivity index (χ0n) is 72.6. The van der Waals surface area contributed by atoms with Crippen LogP contribution in [0.3, 0.4) is 0 Å². The Morgan fingerprint density at radius 3 is 0.424 bits per heavy atom. The van der Waals surface area contributed by atoms with Crippen LogP contribution in [0, 0.1) is 0 Å². The summed E-state index contributed by atoms with van der Waals surface area (Å²) in [6.07, 6.45) is 0. The highest BCUT2D eigenvalue weighted by Crippen LogP contribution is 2.67. The van der Waals surface area contributed by atoms with Crippen LogP contribution >= 0.6 is 0 Å². The first-order valence-electron chi connectivity index (χ1n) is 45.9. The van der Waals surface area contributed by atoms with Crippen LogP contribution in [-0.4, -0.2) is 0 Å². The van der Waals surface area contributed by atoms with E-state index in [4.69, 9.17) is 0 Å². The second kappa shape index (κ2) is 31.8. The average Bonchev–Trinajstić information content (AvgIpc) is 1.52. The maximum absolute atomic E-state index is 2.46. The molecular formula is C129H87N3. The highest BCUT2D eigenvalue weighted by atomic mass is 15.2. The molecule has 0 saturated heterocycles. The summed E-state index contributed by atoms with van der Waals surface area (Å²) in [6, 6.07) is 193. The first-order valence-corrected chi connectivity index (χ1v) is 45.9. The quantitative estimate of drug-likeness (QED) is 0.121. The van der Waals surface area contributed by atoms with Crippen LogP contribution in [0.25, 0.3) is 100 Å². The summed E-state index contributed by atoms with van der Waals surface area (Å²) >= 11 is 0. The van der Waals surface area contributed by atoms with Gasteiger partial charge in [0.2, 0.25) is 0 Å². The Balaban J connectivity index is 0.000000107. The van der Waals surface area contributed by atoms with Crippen molar-refractivity contribution in [1.29, 1.82) is 0 Å². The molecule has 6 aliphatic carbocycles. The minimum atomic E-state index is -0.394. The highest BCUT2D eigenvalue weighted by Gasteiger charge is 2.55. The van der Waals surface area contributed by atoms with Crippen LogP contribution in [0.4, 0.5) is 51.2 Å². The van der Waals surface area contributed by atoms with E-state index in [2.05, 4.69) is 542 Å². The van der Waals surface area contributed by atoms with Crippen molar-refractivity contribution in [2.45, 2.75) is 16.2 Å². The topological polar surface area (TPSA) is 9.72 Å². The molecule has 0 bridgehead atoms. The van der Waals surface area contributed by atoms with Crippen LogP contribution in [0.15, 0.2) is 528 Å². The van der Waals surface area contributed by atoms with Crippen LogP contribution in [0.2, 0.25) is 0 Å². The molecule has 0 atom stereocenters. The zero-order chi connectivity index (χ0) is 87.3. The molecule has 21 aromatic carbocycles. The molecule has 0 heterocycles. The van der Waals surface area contributed by atoms with Gasteiger partial charge in [0.1, 0.15) is 0 Å². The van der Waals surface area contributed by atoms with Crippen molar-refractivity contribution < 1.29 is 0 Å². The molecule has 27 rings (SSSR count). The monoisotopic (exact) mass is 1680 g/mol. The Hall–Kier alpha value is -17.0. The normalized spacial score (nSPS) is 13.2. The van der Waals surface area contributed by atoms with E-state index in [1.165, 1.54) is 167 Å². The molecule has 0 amide bonds. The smallest absolute Gasteiger partial charge is 0.0726 e. The largest absolute Gasteiger partial charge is 0.310 e. The van der Waals surface area contributed by atoms with E-state index in [1.54, 1.807) is 0 Å². The molecule has 3 heteroatoms. The Morgan fingerprint density at radius 1 is 0.0985 bits per heavy atom. The summed E-state index contributed by atoms with van der Waals surface area (Å²) in [5.74, 6) is 0. The lowest BCUT2D eigenvalue weighted by molar-refractivity contribution is 0.793. The van der Waals surface area contributed by atoms with E-state index >= 15 is 0 Å². The highest BCUT2D eigenvalue weighted by molar-refractivity contribution is 6.01. The number of rotatable bonds is 12. The standard InChI is InChI=1S/C49H33N.C43H29N.C37H25N/c1-3-13-34(14-4-1)36-23-27-38(28-24-36)50(39-29-25-37(26-30-39)35-15-5-2-6-16-35)40-31-32-44-43-19-9-12-22-47(43)49(48(44)33-40)45-20-10-7-17-41(45)42-18-8-11-21-46(42)49;1-3-13-30(14-4-1)31-23-25-33(26-24-31)44(32-15-5-2-6-16-32)34-27-28-38-37-19-9-12-22-41(37)43(42(38)29-34)39-20-10-7-17-35(39)36-18-8-11-21-40(36)43;1-3-13-26(14-4-1)38(27-15-5-2-6-16-27)28-23-24-32-31-19-9-12-22-35(31)37(36(32)25-28)33-20-10-7-17-29(33)30-18-8-11-21-34(30)37/h1-33H;1-29H;1-25H. The van der Waals surface area contributed by atoms with E-state index in [0.29, 0.717) is 0 Å². The van der Waals surface area contributed by atoms with Gasteiger partial charge in [0.15, 0.2) is 0 Å². The fraction of sp³-hybridized carbons (Fsp3) is 0.0233. The number of benzene rings is 21. The molecule has 3 nitrogen and oxygen atoms in total. The molecule has 0 N–H and O–H groups in total. The van der Waals surface area contributed by atoms with Gasteiger partial charge in [-0.05, 0) is 276 Å². The van der Waals surface area contributed by atoms with Gasteiger partial charge in [-0.15, -0.1) is 0 Å².